The van der Waals surface area contributed by atoms with E-state index in [9.17, 15) is 9.59 Å². The molecule has 0 atom stereocenters. The molecule has 2 aromatic rings. The van der Waals surface area contributed by atoms with Gasteiger partial charge in [0.1, 0.15) is 5.75 Å². The van der Waals surface area contributed by atoms with E-state index < -0.39 is 0 Å². The van der Waals surface area contributed by atoms with Crippen molar-refractivity contribution in [3.63, 3.8) is 0 Å². The lowest BCUT2D eigenvalue weighted by Gasteiger charge is -2.10. The van der Waals surface area contributed by atoms with Gasteiger partial charge in [-0.05, 0) is 71.9 Å². The predicted octanol–water partition coefficient (Wildman–Crippen LogP) is 4.61. The van der Waals surface area contributed by atoms with Crippen LogP contribution in [-0.4, -0.2) is 25.1 Å². The molecule has 1 aliphatic carbocycles. The van der Waals surface area contributed by atoms with E-state index in [1.807, 2.05) is 55.5 Å². The molecule has 5 heteroatoms. The minimum atomic E-state index is -0.364. The molecular formula is C25H27NO4. The zero-order valence-corrected chi connectivity index (χ0v) is 17.4. The van der Waals surface area contributed by atoms with Crippen molar-refractivity contribution in [3.05, 3.63) is 70.8 Å². The molecule has 0 aliphatic heterocycles. The van der Waals surface area contributed by atoms with Gasteiger partial charge in [-0.15, -0.1) is 0 Å². The Bertz CT molecular complexity index is 989. The van der Waals surface area contributed by atoms with Gasteiger partial charge in [0.25, 0.3) is 0 Å². The summed E-state index contributed by atoms with van der Waals surface area (Å²) >= 11 is 0. The van der Waals surface area contributed by atoms with Crippen LogP contribution in [0.15, 0.2) is 54.1 Å². The summed E-state index contributed by atoms with van der Waals surface area (Å²) in [5, 5.41) is 0. The maximum atomic E-state index is 11.7. The Morgan fingerprint density at radius 3 is 2.53 bits per heavy atom. The number of carbonyl (C=O) groups excluding carboxylic acids is 2. The molecule has 30 heavy (non-hydrogen) atoms. The van der Waals surface area contributed by atoms with Crippen LogP contribution < -0.4 is 10.5 Å². The number of carbonyl (C=O) groups is 2. The van der Waals surface area contributed by atoms with Crippen LogP contribution in [0.25, 0.3) is 17.2 Å². The van der Waals surface area contributed by atoms with Crippen molar-refractivity contribution in [3.8, 4) is 5.75 Å². The van der Waals surface area contributed by atoms with Gasteiger partial charge in [0.15, 0.2) is 0 Å². The molecule has 0 spiro atoms. The van der Waals surface area contributed by atoms with Crippen molar-refractivity contribution in [2.24, 2.45) is 5.73 Å². The van der Waals surface area contributed by atoms with E-state index in [4.69, 9.17) is 15.2 Å². The fourth-order valence-corrected chi connectivity index (χ4v) is 3.61. The number of hydrogen-bond acceptors (Lipinski definition) is 4. The number of amides is 1. The fraction of sp³-hybridized carbons (Fsp3) is 0.280. The van der Waals surface area contributed by atoms with Gasteiger partial charge in [-0.3, -0.25) is 9.59 Å². The van der Waals surface area contributed by atoms with E-state index in [0.717, 1.165) is 33.4 Å². The molecule has 2 N–H and O–H groups in total. The summed E-state index contributed by atoms with van der Waals surface area (Å²) < 4.78 is 10.8. The van der Waals surface area contributed by atoms with Gasteiger partial charge < -0.3 is 15.2 Å². The van der Waals surface area contributed by atoms with Crippen LogP contribution in [0.3, 0.4) is 0 Å². The zero-order valence-electron chi connectivity index (χ0n) is 17.4. The van der Waals surface area contributed by atoms with Gasteiger partial charge in [-0.25, -0.2) is 0 Å². The first-order valence-corrected chi connectivity index (χ1v) is 10.2. The zero-order chi connectivity index (χ0) is 21.5. The van der Waals surface area contributed by atoms with E-state index in [-0.39, 0.29) is 18.3 Å². The summed E-state index contributed by atoms with van der Waals surface area (Å²) in [5.41, 5.74) is 11.7. The van der Waals surface area contributed by atoms with Crippen LogP contribution in [0.5, 0.6) is 5.75 Å². The van der Waals surface area contributed by atoms with Crippen molar-refractivity contribution in [1.29, 1.82) is 0 Å². The van der Waals surface area contributed by atoms with Crippen molar-refractivity contribution in [2.45, 2.75) is 33.1 Å². The number of primary amides is 1. The Morgan fingerprint density at radius 2 is 1.83 bits per heavy atom. The van der Waals surface area contributed by atoms with E-state index in [2.05, 4.69) is 6.08 Å². The first-order valence-electron chi connectivity index (χ1n) is 10.2. The van der Waals surface area contributed by atoms with Crippen LogP contribution in [0.4, 0.5) is 0 Å². The number of nitrogens with two attached hydrogens (primary N) is 1. The number of rotatable bonds is 9. The van der Waals surface area contributed by atoms with E-state index in [1.165, 1.54) is 0 Å². The summed E-state index contributed by atoms with van der Waals surface area (Å²) in [6, 6.07) is 16.0. The third kappa shape index (κ3) is 5.17. The molecule has 0 bridgehead atoms. The number of esters is 1. The smallest absolute Gasteiger partial charge is 0.305 e. The first-order chi connectivity index (χ1) is 14.5. The number of benzene rings is 2. The van der Waals surface area contributed by atoms with E-state index in [1.54, 1.807) is 6.92 Å². The Morgan fingerprint density at radius 1 is 1.07 bits per heavy atom. The normalized spacial score (nSPS) is 14.0. The Balaban J connectivity index is 1.83. The van der Waals surface area contributed by atoms with Crippen LogP contribution in [0.2, 0.25) is 0 Å². The number of hydrogen-bond donors (Lipinski definition) is 1. The average molecular weight is 405 g/mol. The topological polar surface area (TPSA) is 78.6 Å². The number of fused-ring (bicyclic) bond motifs is 1. The summed E-state index contributed by atoms with van der Waals surface area (Å²) in [6.45, 7) is 4.61. The highest BCUT2D eigenvalue weighted by Gasteiger charge is 2.25. The lowest BCUT2D eigenvalue weighted by molar-refractivity contribution is -0.143. The highest BCUT2D eigenvalue weighted by molar-refractivity contribution is 6.08. The third-order valence-corrected chi connectivity index (χ3v) is 5.02. The molecule has 0 saturated heterocycles. The van der Waals surface area contributed by atoms with Gasteiger partial charge in [0.05, 0.1) is 19.6 Å². The number of allylic oxidation sites excluding steroid dienone is 2. The van der Waals surface area contributed by atoms with E-state index >= 15 is 0 Å². The molecule has 0 radical (unpaired) electrons. The second-order valence-corrected chi connectivity index (χ2v) is 7.18. The fourth-order valence-electron chi connectivity index (χ4n) is 3.61. The molecule has 0 saturated carbocycles. The average Bonchev–Trinajstić information content (AvgIpc) is 2.97. The Kier molecular flexibility index (Phi) is 7.07. The summed E-state index contributed by atoms with van der Waals surface area (Å²) in [4.78, 5) is 23.1. The minimum Gasteiger partial charge on any atom is -0.494 e. The molecule has 0 heterocycles. The summed E-state index contributed by atoms with van der Waals surface area (Å²) in [7, 11) is 0. The predicted molar refractivity (Wildman–Crippen MR) is 119 cm³/mol. The number of ether oxygens (including phenoxy) is 2. The largest absolute Gasteiger partial charge is 0.494 e. The van der Waals surface area contributed by atoms with Crippen molar-refractivity contribution >= 4 is 29.1 Å². The second-order valence-electron chi connectivity index (χ2n) is 7.18. The van der Waals surface area contributed by atoms with Crippen LogP contribution in [-0.2, 0) is 14.3 Å². The summed E-state index contributed by atoms with van der Waals surface area (Å²) in [6.07, 6.45) is 3.21. The van der Waals surface area contributed by atoms with Gasteiger partial charge in [-0.2, -0.15) is 0 Å². The summed E-state index contributed by atoms with van der Waals surface area (Å²) in [5.74, 6) is 0.124. The second kappa shape index (κ2) is 9.92. The van der Waals surface area contributed by atoms with E-state index in [0.29, 0.717) is 31.8 Å². The van der Waals surface area contributed by atoms with Crippen LogP contribution in [0, 0.1) is 0 Å². The maximum Gasteiger partial charge on any atom is 0.305 e. The SMILES string of the molecule is CCOC(=O)CCCOc1ccc2c(c1)C(CC(N)=O)=C(C)C2=Cc1ccccc1. The minimum absolute atomic E-state index is 0.178. The first kappa shape index (κ1) is 21.4. The van der Waals surface area contributed by atoms with Crippen molar-refractivity contribution < 1.29 is 19.1 Å². The molecule has 0 aromatic heterocycles. The molecule has 5 nitrogen and oxygen atoms in total. The van der Waals surface area contributed by atoms with Crippen LogP contribution >= 0.6 is 0 Å². The van der Waals surface area contributed by atoms with Crippen molar-refractivity contribution in [2.75, 3.05) is 13.2 Å². The lowest BCUT2D eigenvalue weighted by atomic mass is 10.0. The van der Waals surface area contributed by atoms with Gasteiger partial charge in [-0.1, -0.05) is 36.4 Å². The molecule has 156 valence electrons. The standard InChI is InChI=1S/C25H27NO4/c1-3-29-25(28)10-7-13-30-19-11-12-20-21(14-18-8-5-4-6-9-18)17(2)22(16-24(26)27)23(20)15-19/h4-6,8-9,11-12,14-15H,3,7,10,13,16H2,1-2H3,(H2,26,27). The Labute approximate surface area is 177 Å². The molecule has 1 aliphatic rings. The lowest BCUT2D eigenvalue weighted by Crippen LogP contribution is -2.11. The van der Waals surface area contributed by atoms with Gasteiger partial charge in [0, 0.05) is 6.42 Å². The maximum absolute atomic E-state index is 11.7. The van der Waals surface area contributed by atoms with Gasteiger partial charge in [0.2, 0.25) is 5.91 Å². The highest BCUT2D eigenvalue weighted by Crippen LogP contribution is 2.44. The van der Waals surface area contributed by atoms with Crippen LogP contribution in [0.1, 0.15) is 49.8 Å². The molecule has 0 fully saturated rings. The molecule has 2 aromatic carbocycles. The monoisotopic (exact) mass is 405 g/mol. The highest BCUT2D eigenvalue weighted by atomic mass is 16.5. The quantitative estimate of drug-likeness (QED) is 0.488. The molecular weight excluding hydrogens is 378 g/mol. The van der Waals surface area contributed by atoms with Crippen molar-refractivity contribution in [1.82, 2.24) is 0 Å². The molecule has 1 amide bonds. The molecule has 0 unspecified atom stereocenters. The van der Waals surface area contributed by atoms with Gasteiger partial charge >= 0.3 is 5.97 Å². The third-order valence-electron chi connectivity index (χ3n) is 5.02. The Hall–Kier alpha value is -3.34. The molecule has 3 rings (SSSR count).